The Bertz CT molecular complexity index is 820. The summed E-state index contributed by atoms with van der Waals surface area (Å²) < 4.78 is 15.1. The number of methoxy groups -OCH3 is 3. The first-order valence-corrected chi connectivity index (χ1v) is 8.39. The van der Waals surface area contributed by atoms with Gasteiger partial charge in [0.2, 0.25) is 5.91 Å². The van der Waals surface area contributed by atoms with Gasteiger partial charge in [-0.25, -0.2) is 4.79 Å². The molecule has 0 unspecified atom stereocenters. The average Bonchev–Trinajstić information content (AvgIpc) is 2.70. The van der Waals surface area contributed by atoms with E-state index < -0.39 is 5.97 Å². The first-order chi connectivity index (χ1) is 13.0. The number of ether oxygens (including phenoxy) is 3. The molecule has 0 aliphatic heterocycles. The molecule has 0 spiro atoms. The van der Waals surface area contributed by atoms with E-state index in [0.717, 1.165) is 16.8 Å². The van der Waals surface area contributed by atoms with Crippen LogP contribution in [0.1, 0.15) is 21.5 Å². The summed E-state index contributed by atoms with van der Waals surface area (Å²) in [5.41, 5.74) is 3.01. The van der Waals surface area contributed by atoms with Gasteiger partial charge in [-0.05, 0) is 48.4 Å². The third kappa shape index (κ3) is 5.37. The molecule has 0 aromatic heterocycles. The Morgan fingerprint density at radius 3 is 2.33 bits per heavy atom. The van der Waals surface area contributed by atoms with Crippen LogP contribution >= 0.6 is 0 Å². The van der Waals surface area contributed by atoms with Gasteiger partial charge in [0.25, 0.3) is 0 Å². The van der Waals surface area contributed by atoms with Gasteiger partial charge in [-0.1, -0.05) is 6.07 Å². The molecule has 7 heteroatoms. The highest BCUT2D eigenvalue weighted by atomic mass is 16.5. The minimum absolute atomic E-state index is 0.117. The maximum absolute atomic E-state index is 12.1. The summed E-state index contributed by atoms with van der Waals surface area (Å²) in [4.78, 5) is 23.6. The third-order valence-electron chi connectivity index (χ3n) is 4.02. The first kappa shape index (κ1) is 20.1. The summed E-state index contributed by atoms with van der Waals surface area (Å²) in [6, 6.07) is 10.6. The molecular weight excluding hydrogens is 348 g/mol. The van der Waals surface area contributed by atoms with Gasteiger partial charge >= 0.3 is 5.97 Å². The van der Waals surface area contributed by atoms with Gasteiger partial charge in [-0.2, -0.15) is 0 Å². The van der Waals surface area contributed by atoms with E-state index in [1.165, 1.54) is 7.11 Å². The van der Waals surface area contributed by atoms with Crippen molar-refractivity contribution < 1.29 is 23.8 Å². The second-order valence-electron chi connectivity index (χ2n) is 5.84. The number of amides is 1. The van der Waals surface area contributed by atoms with Crippen molar-refractivity contribution in [1.29, 1.82) is 0 Å². The number of esters is 1. The van der Waals surface area contributed by atoms with Crippen LogP contribution in [0.2, 0.25) is 0 Å². The normalized spacial score (nSPS) is 10.1. The van der Waals surface area contributed by atoms with Crippen LogP contribution in [0.3, 0.4) is 0 Å². The van der Waals surface area contributed by atoms with E-state index >= 15 is 0 Å². The number of carbonyl (C=O) groups excluding carboxylic acids is 2. The fraction of sp³-hybridized carbons (Fsp3) is 0.300. The average molecular weight is 372 g/mol. The van der Waals surface area contributed by atoms with E-state index in [4.69, 9.17) is 14.2 Å². The number of nitrogens with one attached hydrogen (secondary N) is 2. The molecule has 0 bridgehead atoms. The highest BCUT2D eigenvalue weighted by Gasteiger charge is 2.09. The summed E-state index contributed by atoms with van der Waals surface area (Å²) in [6.45, 7) is 2.35. The van der Waals surface area contributed by atoms with Crippen molar-refractivity contribution in [2.24, 2.45) is 0 Å². The van der Waals surface area contributed by atoms with Crippen molar-refractivity contribution >= 4 is 17.6 Å². The van der Waals surface area contributed by atoms with Crippen molar-refractivity contribution in [1.82, 2.24) is 5.32 Å². The minimum Gasteiger partial charge on any atom is -0.493 e. The van der Waals surface area contributed by atoms with E-state index in [2.05, 4.69) is 10.6 Å². The van der Waals surface area contributed by atoms with Crippen LogP contribution in [-0.4, -0.2) is 39.8 Å². The molecule has 0 heterocycles. The second kappa shape index (κ2) is 9.47. The van der Waals surface area contributed by atoms with Gasteiger partial charge in [-0.3, -0.25) is 4.79 Å². The maximum Gasteiger partial charge on any atom is 0.337 e. The number of anilines is 1. The standard InChI is InChI=1S/C20H24N2O5/c1-13-9-15(20(24)27-4)6-7-16(13)21-12-19(23)22-11-14-5-8-17(25-2)18(10-14)26-3/h5-10,21H,11-12H2,1-4H3,(H,22,23). The highest BCUT2D eigenvalue weighted by Crippen LogP contribution is 2.27. The van der Waals surface area contributed by atoms with E-state index in [1.807, 2.05) is 19.1 Å². The van der Waals surface area contributed by atoms with Crippen molar-refractivity contribution in [3.63, 3.8) is 0 Å². The van der Waals surface area contributed by atoms with E-state index in [0.29, 0.717) is 23.6 Å². The lowest BCUT2D eigenvalue weighted by atomic mass is 10.1. The van der Waals surface area contributed by atoms with Gasteiger partial charge in [0.1, 0.15) is 0 Å². The predicted octanol–water partition coefficient (Wildman–Crippen LogP) is 2.53. The molecule has 7 nitrogen and oxygen atoms in total. The van der Waals surface area contributed by atoms with Gasteiger partial charge in [0, 0.05) is 12.2 Å². The molecule has 0 radical (unpaired) electrons. The molecule has 0 aliphatic rings. The van der Waals surface area contributed by atoms with Gasteiger partial charge in [-0.15, -0.1) is 0 Å². The number of rotatable bonds is 8. The Kier molecular flexibility index (Phi) is 7.05. The van der Waals surface area contributed by atoms with E-state index in [1.54, 1.807) is 38.5 Å². The highest BCUT2D eigenvalue weighted by molar-refractivity contribution is 5.90. The Morgan fingerprint density at radius 2 is 1.70 bits per heavy atom. The van der Waals surface area contributed by atoms with Crippen molar-refractivity contribution in [3.05, 3.63) is 53.1 Å². The topological polar surface area (TPSA) is 85.9 Å². The van der Waals surface area contributed by atoms with E-state index in [9.17, 15) is 9.59 Å². The van der Waals surface area contributed by atoms with Crippen LogP contribution in [-0.2, 0) is 16.1 Å². The molecule has 0 saturated heterocycles. The Balaban J connectivity index is 1.89. The molecule has 0 aliphatic carbocycles. The zero-order valence-corrected chi connectivity index (χ0v) is 15.9. The van der Waals surface area contributed by atoms with Crippen LogP contribution in [0.15, 0.2) is 36.4 Å². The zero-order chi connectivity index (χ0) is 19.8. The molecule has 0 atom stereocenters. The van der Waals surface area contributed by atoms with Crippen LogP contribution in [0.4, 0.5) is 5.69 Å². The van der Waals surface area contributed by atoms with Crippen LogP contribution < -0.4 is 20.1 Å². The van der Waals surface area contributed by atoms with Gasteiger partial charge in [0.05, 0.1) is 33.4 Å². The summed E-state index contributed by atoms with van der Waals surface area (Å²) in [6.07, 6.45) is 0. The van der Waals surface area contributed by atoms with Crippen LogP contribution in [0.25, 0.3) is 0 Å². The first-order valence-electron chi connectivity index (χ1n) is 8.39. The molecule has 1 amide bonds. The quantitative estimate of drug-likeness (QED) is 0.693. The Labute approximate surface area is 158 Å². The number of hydrogen-bond acceptors (Lipinski definition) is 6. The zero-order valence-electron chi connectivity index (χ0n) is 15.9. The molecule has 144 valence electrons. The lowest BCUT2D eigenvalue weighted by Gasteiger charge is -2.12. The van der Waals surface area contributed by atoms with Crippen molar-refractivity contribution in [3.8, 4) is 11.5 Å². The molecular formula is C20H24N2O5. The smallest absolute Gasteiger partial charge is 0.337 e. The predicted molar refractivity (Wildman–Crippen MR) is 102 cm³/mol. The van der Waals surface area contributed by atoms with Gasteiger partial charge < -0.3 is 24.8 Å². The maximum atomic E-state index is 12.1. The lowest BCUT2D eigenvalue weighted by molar-refractivity contribution is -0.119. The summed E-state index contributed by atoms with van der Waals surface area (Å²) in [5.74, 6) is 0.711. The molecule has 2 aromatic carbocycles. The number of carbonyl (C=O) groups is 2. The largest absolute Gasteiger partial charge is 0.493 e. The lowest BCUT2D eigenvalue weighted by Crippen LogP contribution is -2.29. The Morgan fingerprint density at radius 1 is 0.963 bits per heavy atom. The second-order valence-corrected chi connectivity index (χ2v) is 5.84. The summed E-state index contributed by atoms with van der Waals surface area (Å²) in [7, 11) is 4.48. The summed E-state index contributed by atoms with van der Waals surface area (Å²) in [5, 5.41) is 5.91. The van der Waals surface area contributed by atoms with E-state index in [-0.39, 0.29) is 12.5 Å². The third-order valence-corrected chi connectivity index (χ3v) is 4.02. The van der Waals surface area contributed by atoms with Crippen LogP contribution in [0, 0.1) is 6.92 Å². The number of benzene rings is 2. The molecule has 2 N–H and O–H groups in total. The Hall–Kier alpha value is -3.22. The SMILES string of the molecule is COC(=O)c1ccc(NCC(=O)NCc2ccc(OC)c(OC)c2)c(C)c1. The molecule has 0 saturated carbocycles. The monoisotopic (exact) mass is 372 g/mol. The molecule has 27 heavy (non-hydrogen) atoms. The summed E-state index contributed by atoms with van der Waals surface area (Å²) >= 11 is 0. The minimum atomic E-state index is -0.391. The molecule has 2 rings (SSSR count). The fourth-order valence-electron chi connectivity index (χ4n) is 2.54. The molecule has 2 aromatic rings. The van der Waals surface area contributed by atoms with Crippen molar-refractivity contribution in [2.75, 3.05) is 33.2 Å². The number of aryl methyl sites for hydroxylation is 1. The van der Waals surface area contributed by atoms with Crippen LogP contribution in [0.5, 0.6) is 11.5 Å². The van der Waals surface area contributed by atoms with Crippen molar-refractivity contribution in [2.45, 2.75) is 13.5 Å². The van der Waals surface area contributed by atoms with Gasteiger partial charge in [0.15, 0.2) is 11.5 Å². The molecule has 0 fully saturated rings. The fourth-order valence-corrected chi connectivity index (χ4v) is 2.54. The number of hydrogen-bond donors (Lipinski definition) is 2.